The first-order valence-electron chi connectivity index (χ1n) is 7.44. The SMILES string of the molecule is CC(C)n1c(C2CC=CCC2C(=O)O)nc2ccccc21. The second kappa shape index (κ2) is 5.35. The number of nitrogens with zero attached hydrogens (tertiary/aromatic N) is 2. The van der Waals surface area contributed by atoms with Crippen molar-refractivity contribution in [3.05, 3.63) is 42.2 Å². The first kappa shape index (κ1) is 13.9. The molecule has 1 aromatic heterocycles. The van der Waals surface area contributed by atoms with Crippen LogP contribution in [0.2, 0.25) is 0 Å². The summed E-state index contributed by atoms with van der Waals surface area (Å²) in [4.78, 5) is 16.3. The van der Waals surface area contributed by atoms with Crippen molar-refractivity contribution in [2.24, 2.45) is 5.92 Å². The molecular weight excluding hydrogens is 264 g/mol. The molecule has 2 atom stereocenters. The highest BCUT2D eigenvalue weighted by molar-refractivity contribution is 5.77. The van der Waals surface area contributed by atoms with Crippen molar-refractivity contribution in [1.82, 2.24) is 9.55 Å². The average molecular weight is 284 g/mol. The highest BCUT2D eigenvalue weighted by atomic mass is 16.4. The van der Waals surface area contributed by atoms with Crippen molar-refractivity contribution in [1.29, 1.82) is 0 Å². The van der Waals surface area contributed by atoms with Gasteiger partial charge in [-0.1, -0.05) is 24.3 Å². The van der Waals surface area contributed by atoms with Gasteiger partial charge in [-0.25, -0.2) is 4.98 Å². The van der Waals surface area contributed by atoms with E-state index in [0.29, 0.717) is 6.42 Å². The van der Waals surface area contributed by atoms with Crippen LogP contribution in [0.15, 0.2) is 36.4 Å². The number of carbonyl (C=O) groups is 1. The van der Waals surface area contributed by atoms with Crippen LogP contribution in [0, 0.1) is 5.92 Å². The van der Waals surface area contributed by atoms with Crippen molar-refractivity contribution in [3.8, 4) is 0 Å². The van der Waals surface area contributed by atoms with Crippen molar-refractivity contribution in [2.75, 3.05) is 0 Å². The van der Waals surface area contributed by atoms with Gasteiger partial charge in [0, 0.05) is 12.0 Å². The number of imidazole rings is 1. The van der Waals surface area contributed by atoms with Gasteiger partial charge in [0.15, 0.2) is 0 Å². The van der Waals surface area contributed by atoms with Crippen LogP contribution in [0.25, 0.3) is 11.0 Å². The molecule has 2 aromatic rings. The zero-order chi connectivity index (χ0) is 15.0. The van der Waals surface area contributed by atoms with E-state index in [1.54, 1.807) is 0 Å². The molecule has 1 aliphatic carbocycles. The monoisotopic (exact) mass is 284 g/mol. The Morgan fingerprint density at radius 1 is 1.29 bits per heavy atom. The van der Waals surface area contributed by atoms with Crippen LogP contribution in [-0.2, 0) is 4.79 Å². The normalized spacial score (nSPS) is 22.0. The summed E-state index contributed by atoms with van der Waals surface area (Å²) in [5, 5.41) is 9.50. The summed E-state index contributed by atoms with van der Waals surface area (Å²) in [6.07, 6.45) is 5.38. The molecule has 0 spiro atoms. The Morgan fingerprint density at radius 3 is 2.71 bits per heavy atom. The van der Waals surface area contributed by atoms with Crippen molar-refractivity contribution >= 4 is 17.0 Å². The third-order valence-electron chi connectivity index (χ3n) is 4.22. The predicted octanol–water partition coefficient (Wildman–Crippen LogP) is 3.75. The van der Waals surface area contributed by atoms with Gasteiger partial charge in [-0.05, 0) is 38.8 Å². The zero-order valence-corrected chi connectivity index (χ0v) is 12.4. The van der Waals surface area contributed by atoms with Gasteiger partial charge in [0.25, 0.3) is 0 Å². The minimum Gasteiger partial charge on any atom is -0.481 e. The lowest BCUT2D eigenvalue weighted by Crippen LogP contribution is -2.26. The lowest BCUT2D eigenvalue weighted by Gasteiger charge is -2.26. The van der Waals surface area contributed by atoms with Gasteiger partial charge >= 0.3 is 5.97 Å². The molecule has 0 radical (unpaired) electrons. The molecule has 21 heavy (non-hydrogen) atoms. The van der Waals surface area contributed by atoms with E-state index in [9.17, 15) is 9.90 Å². The molecule has 3 rings (SSSR count). The molecule has 0 amide bonds. The van der Waals surface area contributed by atoms with E-state index in [0.717, 1.165) is 23.3 Å². The standard InChI is InChI=1S/C17H20N2O2/c1-11(2)19-15-10-6-5-9-14(15)18-16(19)12-7-3-4-8-13(12)17(20)21/h3-6,9-13H,7-8H2,1-2H3,(H,20,21). The number of aliphatic carboxylic acids is 1. The van der Waals surface area contributed by atoms with Crippen LogP contribution in [0.4, 0.5) is 0 Å². The maximum absolute atomic E-state index is 11.6. The Hall–Kier alpha value is -2.10. The minimum absolute atomic E-state index is 0.0534. The molecule has 1 heterocycles. The number of allylic oxidation sites excluding steroid dienone is 2. The van der Waals surface area contributed by atoms with Gasteiger partial charge in [0.2, 0.25) is 0 Å². The maximum Gasteiger partial charge on any atom is 0.307 e. The number of rotatable bonds is 3. The molecule has 0 aliphatic heterocycles. The molecule has 1 N–H and O–H groups in total. The third-order valence-corrected chi connectivity index (χ3v) is 4.22. The summed E-state index contributed by atoms with van der Waals surface area (Å²) >= 11 is 0. The fraction of sp³-hybridized carbons (Fsp3) is 0.412. The Morgan fingerprint density at radius 2 is 2.00 bits per heavy atom. The van der Waals surface area contributed by atoms with E-state index >= 15 is 0 Å². The summed E-state index contributed by atoms with van der Waals surface area (Å²) < 4.78 is 2.19. The van der Waals surface area contributed by atoms with E-state index in [2.05, 4.69) is 30.6 Å². The number of hydrogen-bond donors (Lipinski definition) is 1. The van der Waals surface area contributed by atoms with E-state index in [-0.39, 0.29) is 17.9 Å². The van der Waals surface area contributed by atoms with Crippen LogP contribution in [-0.4, -0.2) is 20.6 Å². The summed E-state index contributed by atoms with van der Waals surface area (Å²) in [5.41, 5.74) is 2.03. The lowest BCUT2D eigenvalue weighted by atomic mass is 9.82. The number of benzene rings is 1. The number of hydrogen-bond acceptors (Lipinski definition) is 2. The highest BCUT2D eigenvalue weighted by Gasteiger charge is 2.33. The summed E-state index contributed by atoms with van der Waals surface area (Å²) in [6, 6.07) is 8.28. The second-order valence-electron chi connectivity index (χ2n) is 5.92. The van der Waals surface area contributed by atoms with Crippen LogP contribution in [0.3, 0.4) is 0 Å². The maximum atomic E-state index is 11.6. The molecular formula is C17H20N2O2. The van der Waals surface area contributed by atoms with Crippen molar-refractivity contribution < 1.29 is 9.90 Å². The molecule has 0 saturated heterocycles. The van der Waals surface area contributed by atoms with Gasteiger partial charge in [-0.3, -0.25) is 4.79 Å². The smallest absolute Gasteiger partial charge is 0.307 e. The topological polar surface area (TPSA) is 55.1 Å². The largest absolute Gasteiger partial charge is 0.481 e. The average Bonchev–Trinajstić information content (AvgIpc) is 2.86. The number of para-hydroxylation sites is 2. The van der Waals surface area contributed by atoms with Crippen LogP contribution in [0.5, 0.6) is 0 Å². The van der Waals surface area contributed by atoms with Gasteiger partial charge in [-0.2, -0.15) is 0 Å². The van der Waals surface area contributed by atoms with Gasteiger partial charge in [0.1, 0.15) is 5.82 Å². The molecule has 4 heteroatoms. The first-order chi connectivity index (χ1) is 10.1. The number of aromatic nitrogens is 2. The second-order valence-corrected chi connectivity index (χ2v) is 5.92. The number of carboxylic acid groups (broad SMARTS) is 1. The number of carboxylic acids is 1. The number of fused-ring (bicyclic) bond motifs is 1. The minimum atomic E-state index is -0.730. The fourth-order valence-corrected chi connectivity index (χ4v) is 3.24. The van der Waals surface area contributed by atoms with Crippen LogP contribution >= 0.6 is 0 Å². The van der Waals surface area contributed by atoms with Crippen molar-refractivity contribution in [2.45, 2.75) is 38.6 Å². The molecule has 1 aromatic carbocycles. The molecule has 2 unspecified atom stereocenters. The zero-order valence-electron chi connectivity index (χ0n) is 12.4. The summed E-state index contributed by atoms with van der Waals surface area (Å²) in [6.45, 7) is 4.23. The van der Waals surface area contributed by atoms with E-state index in [1.165, 1.54) is 0 Å². The van der Waals surface area contributed by atoms with Gasteiger partial charge in [0.05, 0.1) is 17.0 Å². The third kappa shape index (κ3) is 2.35. The lowest BCUT2D eigenvalue weighted by molar-refractivity contribution is -0.142. The molecule has 0 bridgehead atoms. The Balaban J connectivity index is 2.16. The molecule has 4 nitrogen and oxygen atoms in total. The summed E-state index contributed by atoms with van der Waals surface area (Å²) in [5.74, 6) is -0.263. The van der Waals surface area contributed by atoms with E-state index in [4.69, 9.17) is 4.98 Å². The van der Waals surface area contributed by atoms with Gasteiger partial charge < -0.3 is 9.67 Å². The quantitative estimate of drug-likeness (QED) is 0.873. The Bertz CT molecular complexity index is 700. The van der Waals surface area contributed by atoms with E-state index < -0.39 is 5.97 Å². The summed E-state index contributed by atoms with van der Waals surface area (Å²) in [7, 11) is 0. The van der Waals surface area contributed by atoms with Crippen LogP contribution in [0.1, 0.15) is 44.5 Å². The highest BCUT2D eigenvalue weighted by Crippen LogP contribution is 2.37. The van der Waals surface area contributed by atoms with Gasteiger partial charge in [-0.15, -0.1) is 0 Å². The molecule has 1 aliphatic rings. The first-order valence-corrected chi connectivity index (χ1v) is 7.44. The molecule has 0 saturated carbocycles. The fourth-order valence-electron chi connectivity index (χ4n) is 3.24. The molecule has 0 fully saturated rings. The van der Waals surface area contributed by atoms with Crippen LogP contribution < -0.4 is 0 Å². The Kier molecular flexibility index (Phi) is 3.53. The Labute approximate surface area is 124 Å². The van der Waals surface area contributed by atoms with Crippen molar-refractivity contribution in [3.63, 3.8) is 0 Å². The predicted molar refractivity (Wildman–Crippen MR) is 82.4 cm³/mol. The molecule has 110 valence electrons. The van der Waals surface area contributed by atoms with E-state index in [1.807, 2.05) is 24.3 Å².